The van der Waals surface area contributed by atoms with E-state index in [0.29, 0.717) is 17.3 Å². The first-order valence-corrected chi connectivity index (χ1v) is 12.0. The number of pyridine rings is 1. The molecule has 3 aromatic carbocycles. The zero-order chi connectivity index (χ0) is 22.4. The van der Waals surface area contributed by atoms with Gasteiger partial charge in [0.1, 0.15) is 6.54 Å². The Hall–Kier alpha value is -3.70. The fourth-order valence-electron chi connectivity index (χ4n) is 5.05. The molecule has 5 aromatic rings. The molecule has 0 unspecified atom stereocenters. The highest BCUT2D eigenvalue weighted by atomic mass is 32.1. The fourth-order valence-corrected chi connectivity index (χ4v) is 5.96. The molecular formula is C28H22N2O2S. The van der Waals surface area contributed by atoms with Gasteiger partial charge in [0.05, 0.1) is 17.1 Å². The van der Waals surface area contributed by atoms with Gasteiger partial charge in [0.2, 0.25) is 5.91 Å². The third-order valence-electron chi connectivity index (χ3n) is 6.57. The Labute approximate surface area is 195 Å². The summed E-state index contributed by atoms with van der Waals surface area (Å²) in [6, 6.07) is 27.5. The number of amides is 1. The van der Waals surface area contributed by atoms with E-state index in [1.54, 1.807) is 11.3 Å². The summed E-state index contributed by atoms with van der Waals surface area (Å²) in [6.45, 7) is 0.867. The maximum atomic E-state index is 13.9. The van der Waals surface area contributed by atoms with Gasteiger partial charge in [-0.2, -0.15) is 0 Å². The number of carbonyl (C=O) groups excluding carboxylic acids is 1. The second-order valence-electron chi connectivity index (χ2n) is 8.40. The first kappa shape index (κ1) is 19.9. The van der Waals surface area contributed by atoms with E-state index in [9.17, 15) is 9.59 Å². The fraction of sp³-hybridized carbons (Fsp3) is 0.143. The third kappa shape index (κ3) is 3.28. The molecule has 0 saturated heterocycles. The van der Waals surface area contributed by atoms with Crippen molar-refractivity contribution in [2.24, 2.45) is 0 Å². The normalized spacial score (nSPS) is 15.6. The molecule has 0 N–H and O–H groups in total. The number of aromatic nitrogens is 1. The van der Waals surface area contributed by atoms with Crippen molar-refractivity contribution < 1.29 is 4.79 Å². The van der Waals surface area contributed by atoms with Crippen molar-refractivity contribution in [3.8, 4) is 0 Å². The van der Waals surface area contributed by atoms with Gasteiger partial charge in [0.15, 0.2) is 5.43 Å². The van der Waals surface area contributed by atoms with Crippen LogP contribution in [0.2, 0.25) is 0 Å². The molecule has 3 heterocycles. The number of para-hydroxylation sites is 2. The van der Waals surface area contributed by atoms with Gasteiger partial charge in [-0.25, -0.2) is 0 Å². The predicted octanol–water partition coefficient (Wildman–Crippen LogP) is 5.39. The van der Waals surface area contributed by atoms with E-state index in [2.05, 4.69) is 23.6 Å². The second-order valence-corrected chi connectivity index (χ2v) is 9.40. The van der Waals surface area contributed by atoms with Gasteiger partial charge in [0.25, 0.3) is 0 Å². The SMILES string of the molecule is O=C(Cn1c2ccccc2c(=O)c2ccccc21)N1CCc2sccc2[C@@H]1c1ccccc1. The highest BCUT2D eigenvalue weighted by Crippen LogP contribution is 2.38. The Balaban J connectivity index is 1.47. The third-order valence-corrected chi connectivity index (χ3v) is 7.57. The predicted molar refractivity (Wildman–Crippen MR) is 134 cm³/mol. The summed E-state index contributed by atoms with van der Waals surface area (Å²) < 4.78 is 2.00. The maximum Gasteiger partial charge on any atom is 0.243 e. The molecule has 33 heavy (non-hydrogen) atoms. The molecule has 0 aliphatic carbocycles. The van der Waals surface area contributed by atoms with Crippen LogP contribution in [-0.2, 0) is 17.8 Å². The van der Waals surface area contributed by atoms with Crippen LogP contribution in [0.15, 0.2) is 95.1 Å². The average molecular weight is 451 g/mol. The van der Waals surface area contributed by atoms with Gasteiger partial charge in [-0.3, -0.25) is 9.59 Å². The topological polar surface area (TPSA) is 42.3 Å². The summed E-state index contributed by atoms with van der Waals surface area (Å²) in [7, 11) is 0. The van der Waals surface area contributed by atoms with Crippen LogP contribution in [0.4, 0.5) is 0 Å². The molecule has 1 aliphatic rings. The van der Waals surface area contributed by atoms with E-state index < -0.39 is 0 Å². The lowest BCUT2D eigenvalue weighted by atomic mass is 9.93. The minimum atomic E-state index is -0.0920. The molecule has 162 valence electrons. The van der Waals surface area contributed by atoms with Gasteiger partial charge >= 0.3 is 0 Å². The van der Waals surface area contributed by atoms with E-state index in [-0.39, 0.29) is 23.9 Å². The summed E-state index contributed by atoms with van der Waals surface area (Å²) in [5, 5.41) is 3.40. The lowest BCUT2D eigenvalue weighted by Gasteiger charge is -2.36. The molecule has 0 spiro atoms. The maximum absolute atomic E-state index is 13.9. The zero-order valence-corrected chi connectivity index (χ0v) is 18.8. The molecule has 1 atom stereocenters. The van der Waals surface area contributed by atoms with Crippen molar-refractivity contribution in [3.63, 3.8) is 0 Å². The molecule has 4 nitrogen and oxygen atoms in total. The van der Waals surface area contributed by atoms with E-state index in [4.69, 9.17) is 0 Å². The van der Waals surface area contributed by atoms with Crippen LogP contribution >= 0.6 is 11.3 Å². The molecule has 1 aliphatic heterocycles. The number of hydrogen-bond acceptors (Lipinski definition) is 3. The number of carbonyl (C=O) groups is 1. The van der Waals surface area contributed by atoms with Crippen LogP contribution in [0.5, 0.6) is 0 Å². The van der Waals surface area contributed by atoms with E-state index in [1.165, 1.54) is 10.4 Å². The van der Waals surface area contributed by atoms with Crippen molar-refractivity contribution in [1.82, 2.24) is 9.47 Å². The van der Waals surface area contributed by atoms with E-state index in [0.717, 1.165) is 23.0 Å². The number of hydrogen-bond donors (Lipinski definition) is 0. The van der Waals surface area contributed by atoms with Gasteiger partial charge < -0.3 is 9.47 Å². The lowest BCUT2D eigenvalue weighted by Crippen LogP contribution is -2.41. The van der Waals surface area contributed by atoms with Crippen LogP contribution in [0.25, 0.3) is 21.8 Å². The smallest absolute Gasteiger partial charge is 0.243 e. The highest BCUT2D eigenvalue weighted by Gasteiger charge is 2.33. The summed E-state index contributed by atoms with van der Waals surface area (Å²) in [5.74, 6) is 0.0552. The first-order chi connectivity index (χ1) is 16.2. The van der Waals surface area contributed by atoms with Gasteiger partial charge in [-0.1, -0.05) is 54.6 Å². The van der Waals surface area contributed by atoms with Crippen LogP contribution in [-0.4, -0.2) is 21.9 Å². The van der Waals surface area contributed by atoms with Crippen LogP contribution < -0.4 is 5.43 Å². The van der Waals surface area contributed by atoms with Crippen LogP contribution in [0.3, 0.4) is 0 Å². The van der Waals surface area contributed by atoms with Crippen molar-refractivity contribution in [2.45, 2.75) is 19.0 Å². The largest absolute Gasteiger partial charge is 0.331 e. The Morgan fingerprint density at radius 2 is 1.48 bits per heavy atom. The van der Waals surface area contributed by atoms with Crippen molar-refractivity contribution in [3.05, 3.63) is 117 Å². The number of thiophene rings is 1. The van der Waals surface area contributed by atoms with E-state index in [1.807, 2.05) is 76.2 Å². The summed E-state index contributed by atoms with van der Waals surface area (Å²) >= 11 is 1.77. The molecular weight excluding hydrogens is 428 g/mol. The molecule has 2 aromatic heterocycles. The van der Waals surface area contributed by atoms with Crippen LogP contribution in [0.1, 0.15) is 22.0 Å². The van der Waals surface area contributed by atoms with Crippen molar-refractivity contribution in [2.75, 3.05) is 6.54 Å². The van der Waals surface area contributed by atoms with E-state index >= 15 is 0 Å². The van der Waals surface area contributed by atoms with Crippen molar-refractivity contribution in [1.29, 1.82) is 0 Å². The van der Waals surface area contributed by atoms with Gasteiger partial charge in [-0.05, 0) is 53.3 Å². The van der Waals surface area contributed by atoms with Gasteiger partial charge in [-0.15, -0.1) is 11.3 Å². The zero-order valence-electron chi connectivity index (χ0n) is 18.0. The standard InChI is InChI=1S/C28H22N2O2S/c31-26(29-16-14-25-22(15-17-33-25)27(29)19-8-2-1-3-9-19)18-30-23-12-6-4-10-20(23)28(32)21-11-5-7-13-24(21)30/h1-13,15,17,27H,14,16,18H2/t27-/m0/s1. The molecule has 0 fully saturated rings. The quantitative estimate of drug-likeness (QED) is 0.346. The molecule has 1 amide bonds. The molecule has 0 saturated carbocycles. The summed E-state index contributed by atoms with van der Waals surface area (Å²) in [5.41, 5.74) is 3.94. The Kier molecular flexibility index (Phi) is 4.84. The monoisotopic (exact) mass is 450 g/mol. The summed E-state index contributed by atoms with van der Waals surface area (Å²) in [6.07, 6.45) is 0.869. The van der Waals surface area contributed by atoms with Gasteiger partial charge in [0, 0.05) is 22.2 Å². The van der Waals surface area contributed by atoms with Crippen molar-refractivity contribution >= 4 is 39.0 Å². The molecule has 5 heteroatoms. The molecule has 0 bridgehead atoms. The minimum Gasteiger partial charge on any atom is -0.331 e. The lowest BCUT2D eigenvalue weighted by molar-refractivity contribution is -0.133. The van der Waals surface area contributed by atoms with Crippen LogP contribution in [0, 0.1) is 0 Å². The molecule has 6 rings (SSSR count). The second kappa shape index (κ2) is 8.01. The molecule has 0 radical (unpaired) electrons. The minimum absolute atomic E-state index is 0.00736. The Bertz CT molecular complexity index is 1490. The first-order valence-electron chi connectivity index (χ1n) is 11.1. The number of rotatable bonds is 3. The summed E-state index contributed by atoms with van der Waals surface area (Å²) in [4.78, 5) is 30.3. The number of nitrogens with zero attached hydrogens (tertiary/aromatic N) is 2. The Morgan fingerprint density at radius 1 is 0.848 bits per heavy atom. The Morgan fingerprint density at radius 3 is 2.18 bits per heavy atom. The average Bonchev–Trinajstić information content (AvgIpc) is 3.35. The number of benzene rings is 3. The highest BCUT2D eigenvalue weighted by molar-refractivity contribution is 7.10. The number of fused-ring (bicyclic) bond motifs is 3.